The maximum absolute atomic E-state index is 12.9. The lowest BCUT2D eigenvalue weighted by molar-refractivity contribution is -0.121. The normalized spacial score (nSPS) is 16.6. The molecule has 8 heteroatoms. The average molecular weight is 375 g/mol. The molecule has 0 bridgehead atoms. The third-order valence-corrected chi connectivity index (χ3v) is 5.66. The summed E-state index contributed by atoms with van der Waals surface area (Å²) in [5, 5.41) is 0.710. The van der Waals surface area contributed by atoms with Gasteiger partial charge in [0.05, 0.1) is 19.9 Å². The van der Waals surface area contributed by atoms with Gasteiger partial charge in [-0.05, 0) is 38.0 Å². The fourth-order valence-electron chi connectivity index (χ4n) is 3.12. The number of carbonyl (C=O) groups excluding carboxylic acids is 2. The van der Waals surface area contributed by atoms with E-state index < -0.39 is 11.9 Å². The van der Waals surface area contributed by atoms with Crippen LogP contribution in [-0.4, -0.2) is 48.5 Å². The Morgan fingerprint density at radius 1 is 1.27 bits per heavy atom. The van der Waals surface area contributed by atoms with Crippen molar-refractivity contribution in [1.82, 2.24) is 9.88 Å². The zero-order chi connectivity index (χ0) is 18.8. The first-order valence-electron chi connectivity index (χ1n) is 8.26. The molecule has 0 radical (unpaired) electrons. The van der Waals surface area contributed by atoms with Crippen LogP contribution in [0.25, 0.3) is 10.6 Å². The molecule has 1 atom stereocenters. The number of thiazole rings is 1. The van der Waals surface area contributed by atoms with Crippen LogP contribution in [-0.2, 0) is 4.79 Å². The molecule has 1 aromatic heterocycles. The monoisotopic (exact) mass is 375 g/mol. The van der Waals surface area contributed by atoms with Crippen LogP contribution in [0.5, 0.6) is 11.5 Å². The van der Waals surface area contributed by atoms with Crippen molar-refractivity contribution in [2.75, 3.05) is 20.8 Å². The molecular weight excluding hydrogens is 354 g/mol. The number of methoxy groups -OCH3 is 2. The van der Waals surface area contributed by atoms with Crippen LogP contribution in [0, 0.1) is 6.92 Å². The highest BCUT2D eigenvalue weighted by Crippen LogP contribution is 2.35. The van der Waals surface area contributed by atoms with Gasteiger partial charge in [0.2, 0.25) is 5.91 Å². The maximum atomic E-state index is 12.9. The van der Waals surface area contributed by atoms with Crippen molar-refractivity contribution in [3.8, 4) is 22.1 Å². The Kier molecular flexibility index (Phi) is 5.13. The van der Waals surface area contributed by atoms with Gasteiger partial charge in [0.15, 0.2) is 11.5 Å². The largest absolute Gasteiger partial charge is 0.493 e. The molecule has 1 aliphatic heterocycles. The zero-order valence-electron chi connectivity index (χ0n) is 14.9. The second-order valence-corrected chi connectivity index (χ2v) is 7.06. The Labute approximate surface area is 155 Å². The predicted octanol–water partition coefficient (Wildman–Crippen LogP) is 2.23. The lowest BCUT2D eigenvalue weighted by Gasteiger charge is -2.21. The van der Waals surface area contributed by atoms with Gasteiger partial charge in [-0.15, -0.1) is 11.3 Å². The number of aromatic nitrogens is 1. The molecule has 138 valence electrons. The molecule has 3 rings (SSSR count). The summed E-state index contributed by atoms with van der Waals surface area (Å²) in [6, 6.07) is 4.97. The summed E-state index contributed by atoms with van der Waals surface area (Å²) < 4.78 is 10.6. The maximum Gasteiger partial charge on any atom is 0.266 e. The molecule has 0 saturated carbocycles. The molecule has 2 N–H and O–H groups in total. The number of primary amides is 1. The van der Waals surface area contributed by atoms with Crippen LogP contribution < -0.4 is 15.2 Å². The quantitative estimate of drug-likeness (QED) is 0.865. The summed E-state index contributed by atoms with van der Waals surface area (Å²) in [6.45, 7) is 2.33. The molecular formula is C18H21N3O4S. The Morgan fingerprint density at radius 3 is 2.65 bits per heavy atom. The minimum atomic E-state index is -0.534. The number of nitrogens with two attached hydrogens (primary N) is 1. The van der Waals surface area contributed by atoms with Crippen molar-refractivity contribution in [3.63, 3.8) is 0 Å². The smallest absolute Gasteiger partial charge is 0.266 e. The molecule has 1 saturated heterocycles. The van der Waals surface area contributed by atoms with Gasteiger partial charge in [0.1, 0.15) is 15.9 Å². The Balaban J connectivity index is 1.92. The molecule has 1 aliphatic rings. The number of likely N-dealkylation sites (tertiary alicyclic amines) is 1. The average Bonchev–Trinajstić information content (AvgIpc) is 3.27. The molecule has 2 heterocycles. The number of nitrogens with zero attached hydrogens (tertiary/aromatic N) is 2. The van der Waals surface area contributed by atoms with E-state index in [0.29, 0.717) is 40.0 Å². The minimum absolute atomic E-state index is 0.187. The minimum Gasteiger partial charge on any atom is -0.493 e. The first-order valence-corrected chi connectivity index (χ1v) is 9.08. The third-order valence-electron chi connectivity index (χ3n) is 4.46. The van der Waals surface area contributed by atoms with Gasteiger partial charge in [0.25, 0.3) is 5.91 Å². The fourth-order valence-corrected chi connectivity index (χ4v) is 4.14. The van der Waals surface area contributed by atoms with E-state index in [1.165, 1.54) is 11.3 Å². The molecule has 0 unspecified atom stereocenters. The second-order valence-electron chi connectivity index (χ2n) is 6.06. The molecule has 2 aromatic rings. The van der Waals surface area contributed by atoms with Crippen molar-refractivity contribution in [2.45, 2.75) is 25.8 Å². The summed E-state index contributed by atoms with van der Waals surface area (Å²) in [6.07, 6.45) is 1.39. The van der Waals surface area contributed by atoms with Gasteiger partial charge in [0, 0.05) is 12.1 Å². The molecule has 0 spiro atoms. The lowest BCUT2D eigenvalue weighted by atomic mass is 10.2. The Morgan fingerprint density at radius 2 is 2.00 bits per heavy atom. The summed E-state index contributed by atoms with van der Waals surface area (Å²) in [5.41, 5.74) is 6.90. The van der Waals surface area contributed by atoms with Crippen molar-refractivity contribution in [3.05, 3.63) is 28.8 Å². The van der Waals surface area contributed by atoms with E-state index in [4.69, 9.17) is 15.2 Å². The SMILES string of the molecule is COc1ccc(-c2nc(C)c(C(=O)N3CCC[C@H]3C(N)=O)s2)cc1OC. The van der Waals surface area contributed by atoms with Crippen molar-refractivity contribution in [1.29, 1.82) is 0 Å². The molecule has 1 fully saturated rings. The van der Waals surface area contributed by atoms with Crippen molar-refractivity contribution in [2.24, 2.45) is 5.73 Å². The van der Waals surface area contributed by atoms with Crippen LogP contribution >= 0.6 is 11.3 Å². The van der Waals surface area contributed by atoms with Gasteiger partial charge in [-0.25, -0.2) is 4.98 Å². The standard InChI is InChI=1S/C18H21N3O4S/c1-10-15(18(23)21-8-4-5-12(21)16(19)22)26-17(20-10)11-6-7-13(24-2)14(9-11)25-3/h6-7,9,12H,4-5,8H2,1-3H3,(H2,19,22)/t12-/m0/s1. The van der Waals surface area contributed by atoms with E-state index in [1.54, 1.807) is 32.1 Å². The highest BCUT2D eigenvalue weighted by Gasteiger charge is 2.34. The predicted molar refractivity (Wildman–Crippen MR) is 98.6 cm³/mol. The molecule has 2 amide bonds. The number of ether oxygens (including phenoxy) is 2. The van der Waals surface area contributed by atoms with E-state index in [-0.39, 0.29) is 5.91 Å². The second kappa shape index (κ2) is 7.33. The summed E-state index contributed by atoms with van der Waals surface area (Å²) in [4.78, 5) is 31.1. The molecule has 1 aromatic carbocycles. The number of hydrogen-bond donors (Lipinski definition) is 1. The number of amides is 2. The van der Waals surface area contributed by atoms with Gasteiger partial charge in [-0.3, -0.25) is 9.59 Å². The summed E-state index contributed by atoms with van der Waals surface area (Å²) >= 11 is 1.30. The van der Waals surface area contributed by atoms with E-state index in [2.05, 4.69) is 4.98 Å². The van der Waals surface area contributed by atoms with Crippen LogP contribution in [0.2, 0.25) is 0 Å². The first kappa shape index (κ1) is 18.2. The van der Waals surface area contributed by atoms with Crippen molar-refractivity contribution < 1.29 is 19.1 Å². The van der Waals surface area contributed by atoms with Gasteiger partial charge in [-0.1, -0.05) is 0 Å². The Bertz CT molecular complexity index is 849. The fraction of sp³-hybridized carbons (Fsp3) is 0.389. The van der Waals surface area contributed by atoms with E-state index in [0.717, 1.165) is 12.0 Å². The first-order chi connectivity index (χ1) is 12.5. The van der Waals surface area contributed by atoms with Gasteiger partial charge < -0.3 is 20.1 Å². The molecule has 0 aliphatic carbocycles. The summed E-state index contributed by atoms with van der Waals surface area (Å²) in [7, 11) is 3.15. The summed E-state index contributed by atoms with van der Waals surface area (Å²) in [5.74, 6) is 0.576. The van der Waals surface area contributed by atoms with Crippen LogP contribution in [0.15, 0.2) is 18.2 Å². The van der Waals surface area contributed by atoms with E-state index in [9.17, 15) is 9.59 Å². The van der Waals surface area contributed by atoms with Crippen molar-refractivity contribution >= 4 is 23.2 Å². The third kappa shape index (κ3) is 3.24. The van der Waals surface area contributed by atoms with Gasteiger partial charge >= 0.3 is 0 Å². The number of hydrogen-bond acceptors (Lipinski definition) is 6. The lowest BCUT2D eigenvalue weighted by Crippen LogP contribution is -2.43. The van der Waals surface area contributed by atoms with E-state index >= 15 is 0 Å². The Hall–Kier alpha value is -2.61. The number of carbonyl (C=O) groups is 2. The van der Waals surface area contributed by atoms with Gasteiger partial charge in [-0.2, -0.15) is 0 Å². The highest BCUT2D eigenvalue weighted by molar-refractivity contribution is 7.17. The van der Waals surface area contributed by atoms with Crippen LogP contribution in [0.4, 0.5) is 0 Å². The topological polar surface area (TPSA) is 94.8 Å². The zero-order valence-corrected chi connectivity index (χ0v) is 15.8. The van der Waals surface area contributed by atoms with Crippen LogP contribution in [0.3, 0.4) is 0 Å². The van der Waals surface area contributed by atoms with Crippen LogP contribution in [0.1, 0.15) is 28.2 Å². The number of benzene rings is 1. The number of aryl methyl sites for hydroxylation is 1. The highest BCUT2D eigenvalue weighted by atomic mass is 32.1. The molecule has 26 heavy (non-hydrogen) atoms. The molecule has 7 nitrogen and oxygen atoms in total. The number of rotatable bonds is 5. The van der Waals surface area contributed by atoms with E-state index in [1.807, 2.05) is 12.1 Å².